The molecule has 1 N–H and O–H groups in total. The van der Waals surface area contributed by atoms with Crippen molar-refractivity contribution in [3.05, 3.63) is 52.6 Å². The van der Waals surface area contributed by atoms with Gasteiger partial charge in [0.2, 0.25) is 0 Å². The maximum atomic E-state index is 10.3. The third-order valence-corrected chi connectivity index (χ3v) is 3.99. The quantitative estimate of drug-likeness (QED) is 0.208. The van der Waals surface area contributed by atoms with Crippen LogP contribution >= 0.6 is 0 Å². The minimum Gasteiger partial charge on any atom is -0.481 e. The van der Waals surface area contributed by atoms with Gasteiger partial charge in [0.1, 0.15) is 0 Å². The van der Waals surface area contributed by atoms with Gasteiger partial charge >= 0.3 is 5.97 Å². The number of aliphatic carboxylic acids is 1. The van der Waals surface area contributed by atoms with E-state index in [4.69, 9.17) is 5.11 Å². The Morgan fingerprint density at radius 2 is 0.714 bits per heavy atom. The largest absolute Gasteiger partial charge is 0.481 e. The van der Waals surface area contributed by atoms with Gasteiger partial charge in [-0.2, -0.15) is 0 Å². The van der Waals surface area contributed by atoms with E-state index < -0.39 is 5.97 Å². The highest BCUT2D eigenvalue weighted by Crippen LogP contribution is 2.13. The molecule has 0 aliphatic rings. The van der Waals surface area contributed by atoms with E-state index in [2.05, 4.69) is 59.6 Å². The summed E-state index contributed by atoms with van der Waals surface area (Å²) in [5.74, 6) is -0.653. The van der Waals surface area contributed by atoms with Crippen molar-refractivity contribution in [1.82, 2.24) is 0 Å². The highest BCUT2D eigenvalue weighted by Gasteiger charge is 1.97. The van der Waals surface area contributed by atoms with Gasteiger partial charge in [-0.25, -0.2) is 0 Å². The van der Waals surface area contributed by atoms with E-state index in [9.17, 15) is 4.79 Å². The summed E-state index contributed by atoms with van der Waals surface area (Å²) in [6.45, 7) is 26.3. The zero-order chi connectivity index (χ0) is 22.9. The summed E-state index contributed by atoms with van der Waals surface area (Å²) >= 11 is 0. The lowest BCUT2D eigenvalue weighted by Gasteiger charge is -2.03. The first kappa shape index (κ1) is 37.2. The van der Waals surface area contributed by atoms with Gasteiger partial charge in [0.15, 0.2) is 0 Å². The minimum atomic E-state index is -0.653. The molecule has 168 valence electrons. The van der Waals surface area contributed by atoms with E-state index in [1.807, 2.05) is 0 Å². The Morgan fingerprint density at radius 3 is 0.929 bits per heavy atom. The van der Waals surface area contributed by atoms with Crippen LogP contribution in [-0.4, -0.2) is 11.1 Å². The molecule has 0 heterocycles. The molecule has 0 aromatic rings. The fourth-order valence-corrected chi connectivity index (χ4v) is 2.65. The molecule has 0 rings (SSSR count). The van der Waals surface area contributed by atoms with Gasteiger partial charge in [0.25, 0.3) is 0 Å². The molecule has 0 fully saturated rings. The Hall–Kier alpha value is -1.57. The lowest BCUT2D eigenvalue weighted by Crippen LogP contribution is -1.93. The summed E-state index contributed by atoms with van der Waals surface area (Å²) < 4.78 is 0. The second-order valence-corrected chi connectivity index (χ2v) is 6.09. The van der Waals surface area contributed by atoms with E-state index in [1.165, 1.54) is 83.5 Å². The topological polar surface area (TPSA) is 37.3 Å². The normalized spacial score (nSPS) is 8.32. The monoisotopic (exact) mass is 396 g/mol. The molecule has 2 nitrogen and oxygen atoms in total. The van der Waals surface area contributed by atoms with Crippen LogP contribution in [0.5, 0.6) is 0 Å². The fraction of sp³-hybridized carbons (Fsp3) is 0.654. The van der Waals surface area contributed by atoms with Crippen molar-refractivity contribution in [2.75, 3.05) is 0 Å². The third kappa shape index (κ3) is 56.3. The molecule has 0 amide bonds. The van der Waals surface area contributed by atoms with Gasteiger partial charge in [-0.3, -0.25) is 4.79 Å². The Balaban J connectivity index is -0.000000194. The molecular formula is C26H52O2. The molecule has 28 heavy (non-hydrogen) atoms. The molecule has 0 aromatic carbocycles. The highest BCUT2D eigenvalue weighted by atomic mass is 16.4. The Morgan fingerprint density at radius 1 is 0.500 bits per heavy atom. The highest BCUT2D eigenvalue weighted by molar-refractivity contribution is 5.66. The first-order valence-corrected chi connectivity index (χ1v) is 11.0. The van der Waals surface area contributed by atoms with Crippen LogP contribution in [0, 0.1) is 0 Å². The molecular weight excluding hydrogens is 344 g/mol. The number of hydrogen-bond donors (Lipinski definition) is 1. The van der Waals surface area contributed by atoms with Gasteiger partial charge in [0.05, 0.1) is 0 Å². The van der Waals surface area contributed by atoms with Crippen LogP contribution in [0.1, 0.15) is 110 Å². The predicted octanol–water partition coefficient (Wildman–Crippen LogP) is 9.54. The van der Waals surface area contributed by atoms with Crippen molar-refractivity contribution in [3.63, 3.8) is 0 Å². The second kappa shape index (κ2) is 50.0. The average Bonchev–Trinajstić information content (AvgIpc) is 2.76. The van der Waals surface area contributed by atoms with Gasteiger partial charge in [-0.1, -0.05) is 96.8 Å². The van der Waals surface area contributed by atoms with Gasteiger partial charge in [-0.15, -0.1) is 52.6 Å². The van der Waals surface area contributed by atoms with Crippen LogP contribution in [-0.2, 0) is 4.79 Å². The molecule has 2 heteroatoms. The summed E-state index contributed by atoms with van der Waals surface area (Å²) in [4.78, 5) is 10.3. The molecule has 0 bridgehead atoms. The number of carboxylic acid groups (broad SMARTS) is 1. The Kier molecular flexibility index (Phi) is 66.4. The molecule has 0 spiro atoms. The smallest absolute Gasteiger partial charge is 0.303 e. The number of carbonyl (C=O) groups is 1. The number of rotatable bonds is 16. The molecule has 0 aromatic heterocycles. The summed E-state index contributed by atoms with van der Waals surface area (Å²) in [5.41, 5.74) is 0. The lowest BCUT2D eigenvalue weighted by atomic mass is 10.0. The summed E-state index contributed by atoms with van der Waals surface area (Å²) in [7, 11) is 0. The first-order valence-electron chi connectivity index (χ1n) is 11.0. The van der Waals surface area contributed by atoms with Gasteiger partial charge in [-0.05, 0) is 6.42 Å². The van der Waals surface area contributed by atoms with Crippen molar-refractivity contribution in [2.45, 2.75) is 110 Å². The van der Waals surface area contributed by atoms with E-state index in [0.717, 1.165) is 12.8 Å². The molecule has 0 saturated carbocycles. The summed E-state index contributed by atoms with van der Waals surface area (Å²) in [6.07, 6.45) is 20.2. The maximum absolute atomic E-state index is 10.3. The summed E-state index contributed by atoms with van der Waals surface area (Å²) in [6, 6.07) is 0. The molecule has 0 saturated heterocycles. The van der Waals surface area contributed by atoms with Crippen LogP contribution in [0.3, 0.4) is 0 Å². The van der Waals surface area contributed by atoms with Crippen molar-refractivity contribution in [2.24, 2.45) is 0 Å². The van der Waals surface area contributed by atoms with Crippen molar-refractivity contribution >= 4 is 5.97 Å². The summed E-state index contributed by atoms with van der Waals surface area (Å²) in [5, 5.41) is 8.52. The molecule has 0 atom stereocenters. The SMILES string of the molecule is C=C.C=C.C=C.C=C.CCCCCCCCCCCCCCCCCC(=O)O. The predicted molar refractivity (Wildman–Crippen MR) is 132 cm³/mol. The number of hydrogen-bond acceptors (Lipinski definition) is 1. The lowest BCUT2D eigenvalue weighted by molar-refractivity contribution is -0.137. The van der Waals surface area contributed by atoms with Gasteiger partial charge < -0.3 is 5.11 Å². The van der Waals surface area contributed by atoms with Crippen molar-refractivity contribution in [1.29, 1.82) is 0 Å². The Bertz CT molecular complexity index is 243. The molecule has 0 radical (unpaired) electrons. The maximum Gasteiger partial charge on any atom is 0.303 e. The zero-order valence-electron chi connectivity index (χ0n) is 19.3. The van der Waals surface area contributed by atoms with Crippen LogP contribution in [0.15, 0.2) is 52.6 Å². The number of carboxylic acids is 1. The second-order valence-electron chi connectivity index (χ2n) is 6.09. The van der Waals surface area contributed by atoms with Crippen LogP contribution in [0.2, 0.25) is 0 Å². The van der Waals surface area contributed by atoms with Gasteiger partial charge in [0, 0.05) is 6.42 Å². The molecule has 0 aliphatic carbocycles. The van der Waals surface area contributed by atoms with E-state index in [1.54, 1.807) is 0 Å². The molecule has 0 aliphatic heterocycles. The average molecular weight is 397 g/mol. The third-order valence-electron chi connectivity index (χ3n) is 3.99. The van der Waals surface area contributed by atoms with Crippen molar-refractivity contribution < 1.29 is 9.90 Å². The van der Waals surface area contributed by atoms with E-state index >= 15 is 0 Å². The van der Waals surface area contributed by atoms with E-state index in [-0.39, 0.29) is 0 Å². The van der Waals surface area contributed by atoms with Crippen LogP contribution < -0.4 is 0 Å². The van der Waals surface area contributed by atoms with Crippen LogP contribution in [0.25, 0.3) is 0 Å². The fourth-order valence-electron chi connectivity index (χ4n) is 2.65. The minimum absolute atomic E-state index is 0.345. The van der Waals surface area contributed by atoms with Crippen LogP contribution in [0.4, 0.5) is 0 Å². The van der Waals surface area contributed by atoms with E-state index in [0.29, 0.717) is 6.42 Å². The Labute approximate surface area is 178 Å². The first-order chi connectivity index (χ1) is 13.8. The van der Waals surface area contributed by atoms with Crippen molar-refractivity contribution in [3.8, 4) is 0 Å². The zero-order valence-corrected chi connectivity index (χ0v) is 19.3. The number of unbranched alkanes of at least 4 members (excludes halogenated alkanes) is 14. The molecule has 0 unspecified atom stereocenters. The standard InChI is InChI=1S/C18H36O2.4C2H4/c1-2-3-4-5-6-7-8-9-10-11-12-13-14-15-16-17-18(19)20;4*1-2/h2-17H2,1H3,(H,19,20);4*1-2H2.